The van der Waals surface area contributed by atoms with Gasteiger partial charge in [-0.1, -0.05) is 12.5 Å². The molecule has 0 saturated heterocycles. The summed E-state index contributed by atoms with van der Waals surface area (Å²) in [5.41, 5.74) is 2.10. The molecule has 0 aromatic carbocycles. The molecule has 4 aromatic heterocycles. The van der Waals surface area contributed by atoms with Crippen LogP contribution in [-0.4, -0.2) is 35.4 Å². The van der Waals surface area contributed by atoms with E-state index in [1.165, 1.54) is 6.42 Å². The van der Waals surface area contributed by atoms with Gasteiger partial charge in [0.2, 0.25) is 0 Å². The minimum atomic E-state index is -0.151. The van der Waals surface area contributed by atoms with Crippen molar-refractivity contribution in [3.05, 3.63) is 47.0 Å². The number of thiophene rings is 1. The molecule has 0 saturated carbocycles. The third-order valence-corrected chi connectivity index (χ3v) is 6.41. The van der Waals surface area contributed by atoms with Gasteiger partial charge in [-0.05, 0) is 37.3 Å². The zero-order valence-corrected chi connectivity index (χ0v) is 17.7. The van der Waals surface area contributed by atoms with E-state index in [4.69, 9.17) is 4.98 Å². The molecule has 30 heavy (non-hydrogen) atoms. The zero-order valence-electron chi connectivity index (χ0n) is 16.8. The van der Waals surface area contributed by atoms with Crippen LogP contribution in [0.1, 0.15) is 48.2 Å². The number of hydrogen-bond donors (Lipinski definition) is 1. The highest BCUT2D eigenvalue weighted by atomic mass is 32.1. The Morgan fingerprint density at radius 1 is 1.27 bits per heavy atom. The van der Waals surface area contributed by atoms with E-state index < -0.39 is 0 Å². The Kier molecular flexibility index (Phi) is 5.04. The van der Waals surface area contributed by atoms with Crippen LogP contribution in [-0.2, 0) is 26.1 Å². The molecular weight excluding hydrogens is 398 g/mol. The molecule has 0 bridgehead atoms. The van der Waals surface area contributed by atoms with Crippen molar-refractivity contribution in [1.29, 1.82) is 0 Å². The minimum Gasteiger partial charge on any atom is -0.345 e. The molecule has 4 aromatic rings. The van der Waals surface area contributed by atoms with Gasteiger partial charge in [0, 0.05) is 19.5 Å². The van der Waals surface area contributed by atoms with Crippen molar-refractivity contribution in [3.63, 3.8) is 0 Å². The lowest BCUT2D eigenvalue weighted by Gasteiger charge is -2.10. The summed E-state index contributed by atoms with van der Waals surface area (Å²) >= 11 is 1.60. The quantitative estimate of drug-likeness (QED) is 0.533. The van der Waals surface area contributed by atoms with Crippen LogP contribution >= 0.6 is 11.3 Å². The van der Waals surface area contributed by atoms with E-state index in [0.717, 1.165) is 59.1 Å². The summed E-state index contributed by atoms with van der Waals surface area (Å²) in [6.07, 6.45) is 6.15. The number of aromatic nitrogens is 6. The lowest BCUT2D eigenvalue weighted by atomic mass is 10.1. The second-order valence-corrected chi connectivity index (χ2v) is 8.36. The number of amides is 1. The molecule has 0 unspecified atom stereocenters. The van der Waals surface area contributed by atoms with E-state index in [-0.39, 0.29) is 5.91 Å². The summed E-state index contributed by atoms with van der Waals surface area (Å²) in [6, 6.07) is 5.86. The van der Waals surface area contributed by atoms with Gasteiger partial charge in [-0.15, -0.1) is 21.5 Å². The molecule has 5 heterocycles. The van der Waals surface area contributed by atoms with E-state index >= 15 is 0 Å². The fraction of sp³-hybridized carbons (Fsp3) is 0.381. The number of pyridine rings is 1. The van der Waals surface area contributed by atoms with E-state index in [1.54, 1.807) is 17.5 Å². The first-order chi connectivity index (χ1) is 14.7. The molecular formula is C21H23N7OS. The van der Waals surface area contributed by atoms with Gasteiger partial charge in [-0.25, -0.2) is 9.67 Å². The molecule has 1 aliphatic rings. The fourth-order valence-electron chi connectivity index (χ4n) is 3.95. The van der Waals surface area contributed by atoms with Crippen molar-refractivity contribution < 1.29 is 4.79 Å². The van der Waals surface area contributed by atoms with Crippen LogP contribution in [0.3, 0.4) is 0 Å². The van der Waals surface area contributed by atoms with E-state index in [2.05, 4.69) is 25.2 Å². The van der Waals surface area contributed by atoms with Gasteiger partial charge >= 0.3 is 0 Å². The van der Waals surface area contributed by atoms with Crippen molar-refractivity contribution >= 4 is 28.3 Å². The van der Waals surface area contributed by atoms with E-state index in [0.29, 0.717) is 18.7 Å². The average Bonchev–Trinajstić information content (AvgIpc) is 3.48. The van der Waals surface area contributed by atoms with Crippen LogP contribution < -0.4 is 5.32 Å². The lowest BCUT2D eigenvalue weighted by Crippen LogP contribution is -2.25. The predicted molar refractivity (Wildman–Crippen MR) is 115 cm³/mol. The fourth-order valence-corrected chi connectivity index (χ4v) is 4.63. The second kappa shape index (κ2) is 7.98. The molecule has 0 aliphatic carbocycles. The maximum absolute atomic E-state index is 13.2. The van der Waals surface area contributed by atoms with Gasteiger partial charge in [0.05, 0.1) is 34.3 Å². The highest BCUT2D eigenvalue weighted by molar-refractivity contribution is 7.13. The molecule has 1 N–H and O–H groups in total. The Bertz CT molecular complexity index is 1190. The summed E-state index contributed by atoms with van der Waals surface area (Å²) in [7, 11) is 0. The van der Waals surface area contributed by atoms with Crippen molar-refractivity contribution in [1.82, 2.24) is 34.8 Å². The van der Waals surface area contributed by atoms with Gasteiger partial charge in [0.1, 0.15) is 5.82 Å². The zero-order chi connectivity index (χ0) is 20.5. The Morgan fingerprint density at radius 2 is 2.20 bits per heavy atom. The molecule has 8 nitrogen and oxygen atoms in total. The Labute approximate surface area is 178 Å². The third-order valence-electron chi connectivity index (χ3n) is 5.52. The van der Waals surface area contributed by atoms with Crippen LogP contribution in [0, 0.1) is 0 Å². The van der Waals surface area contributed by atoms with Crippen molar-refractivity contribution in [3.8, 4) is 10.6 Å². The molecule has 154 valence electrons. The first-order valence-electron chi connectivity index (χ1n) is 10.3. The van der Waals surface area contributed by atoms with E-state index in [9.17, 15) is 4.79 Å². The topological polar surface area (TPSA) is 90.5 Å². The number of nitrogens with one attached hydrogen (secondary N) is 1. The number of aryl methyl sites for hydroxylation is 2. The molecule has 0 spiro atoms. The molecule has 5 rings (SSSR count). The summed E-state index contributed by atoms with van der Waals surface area (Å²) in [4.78, 5) is 19.0. The second-order valence-electron chi connectivity index (χ2n) is 7.41. The van der Waals surface area contributed by atoms with Crippen LogP contribution in [0.15, 0.2) is 29.8 Å². The van der Waals surface area contributed by atoms with Crippen LogP contribution in [0.25, 0.3) is 21.6 Å². The maximum Gasteiger partial charge on any atom is 0.252 e. The van der Waals surface area contributed by atoms with Crippen LogP contribution in [0.5, 0.6) is 0 Å². The van der Waals surface area contributed by atoms with Crippen molar-refractivity contribution in [2.45, 2.75) is 52.2 Å². The normalized spacial score (nSPS) is 13.9. The maximum atomic E-state index is 13.2. The SMILES string of the molecule is CCn1ncc2c(C(=O)NCc3nnc4n3CCCCC4)cc(-c3cccs3)nc21. The minimum absolute atomic E-state index is 0.151. The monoisotopic (exact) mass is 421 g/mol. The Morgan fingerprint density at radius 3 is 3.03 bits per heavy atom. The number of hydrogen-bond acceptors (Lipinski definition) is 6. The molecule has 0 atom stereocenters. The molecule has 0 radical (unpaired) electrons. The Balaban J connectivity index is 1.46. The van der Waals surface area contributed by atoms with Crippen LogP contribution in [0.4, 0.5) is 0 Å². The van der Waals surface area contributed by atoms with E-state index in [1.807, 2.05) is 35.2 Å². The number of nitrogens with zero attached hydrogens (tertiary/aromatic N) is 6. The number of carbonyl (C=O) groups excluding carboxylic acids is 1. The van der Waals surface area contributed by atoms with Gasteiger partial charge in [0.25, 0.3) is 5.91 Å². The summed E-state index contributed by atoms with van der Waals surface area (Å²) < 4.78 is 3.98. The third kappa shape index (κ3) is 3.39. The van der Waals surface area contributed by atoms with Crippen LogP contribution in [0.2, 0.25) is 0 Å². The summed E-state index contributed by atoms with van der Waals surface area (Å²) in [6.45, 7) is 3.98. The number of fused-ring (bicyclic) bond motifs is 2. The van der Waals surface area contributed by atoms with Crippen molar-refractivity contribution in [2.75, 3.05) is 0 Å². The largest absolute Gasteiger partial charge is 0.345 e. The van der Waals surface area contributed by atoms with Gasteiger partial charge < -0.3 is 9.88 Å². The lowest BCUT2D eigenvalue weighted by molar-refractivity contribution is 0.0951. The number of rotatable bonds is 5. The van der Waals surface area contributed by atoms with Gasteiger partial charge in [0.15, 0.2) is 11.5 Å². The van der Waals surface area contributed by atoms with Gasteiger partial charge in [-0.2, -0.15) is 5.10 Å². The highest BCUT2D eigenvalue weighted by Crippen LogP contribution is 2.28. The predicted octanol–water partition coefficient (Wildman–Crippen LogP) is 3.43. The summed E-state index contributed by atoms with van der Waals surface area (Å²) in [5.74, 6) is 1.68. The first-order valence-corrected chi connectivity index (χ1v) is 11.2. The average molecular weight is 422 g/mol. The molecule has 0 fully saturated rings. The summed E-state index contributed by atoms with van der Waals surface area (Å²) in [5, 5.41) is 18.9. The van der Waals surface area contributed by atoms with Crippen molar-refractivity contribution in [2.24, 2.45) is 0 Å². The molecule has 1 aliphatic heterocycles. The Hall–Kier alpha value is -3.07. The standard InChI is InChI=1S/C21H23N7OS/c1-2-28-20-15(12-23-28)14(11-16(24-20)17-7-6-10-30-17)21(29)22-13-19-26-25-18-8-4-3-5-9-27(18)19/h6-7,10-12H,2-5,8-9,13H2,1H3,(H,22,29). The highest BCUT2D eigenvalue weighted by Gasteiger charge is 2.19. The van der Waals surface area contributed by atoms with Gasteiger partial charge in [-0.3, -0.25) is 4.79 Å². The number of carbonyl (C=O) groups is 1. The smallest absolute Gasteiger partial charge is 0.252 e. The first kappa shape index (κ1) is 18.9. The molecule has 9 heteroatoms. The molecule has 1 amide bonds.